The summed E-state index contributed by atoms with van der Waals surface area (Å²) in [6.07, 6.45) is 88.4. The molecule has 0 bridgehead atoms. The molecule has 0 aliphatic heterocycles. The fourth-order valence-corrected chi connectivity index (χ4v) is 11.6. The molecule has 1 amide bonds. The summed E-state index contributed by atoms with van der Waals surface area (Å²) in [5, 5.41) is 23.3. The summed E-state index contributed by atoms with van der Waals surface area (Å²) in [5.41, 5.74) is 0. The highest BCUT2D eigenvalue weighted by molar-refractivity contribution is 5.76. The van der Waals surface area contributed by atoms with Gasteiger partial charge in [0.15, 0.2) is 0 Å². The van der Waals surface area contributed by atoms with Crippen molar-refractivity contribution in [2.75, 3.05) is 13.2 Å². The van der Waals surface area contributed by atoms with Crippen LogP contribution in [0, 0.1) is 0 Å². The van der Waals surface area contributed by atoms with Crippen LogP contribution in [0.1, 0.15) is 412 Å². The predicted molar refractivity (Wildman–Crippen MR) is 352 cm³/mol. The number of carbonyl (C=O) groups is 2. The van der Waals surface area contributed by atoms with Crippen molar-refractivity contribution in [2.24, 2.45) is 0 Å². The van der Waals surface area contributed by atoms with Crippen LogP contribution in [0.15, 0.2) is 24.3 Å². The summed E-state index contributed by atoms with van der Waals surface area (Å²) in [7, 11) is 0. The van der Waals surface area contributed by atoms with Crippen molar-refractivity contribution in [1.29, 1.82) is 0 Å². The quantitative estimate of drug-likeness (QED) is 0.0320. The Kier molecular flexibility index (Phi) is 68.4. The molecule has 0 spiro atoms. The third kappa shape index (κ3) is 65.5. The van der Waals surface area contributed by atoms with Gasteiger partial charge in [0.05, 0.1) is 25.4 Å². The molecule has 474 valence electrons. The maximum atomic E-state index is 12.5. The summed E-state index contributed by atoms with van der Waals surface area (Å²) in [4.78, 5) is 24.5. The van der Waals surface area contributed by atoms with E-state index in [1.807, 2.05) is 6.08 Å². The van der Waals surface area contributed by atoms with E-state index in [1.165, 1.54) is 347 Å². The van der Waals surface area contributed by atoms with E-state index in [1.54, 1.807) is 6.08 Å². The van der Waals surface area contributed by atoms with Gasteiger partial charge in [-0.15, -0.1) is 0 Å². The highest BCUT2D eigenvalue weighted by Gasteiger charge is 2.18. The van der Waals surface area contributed by atoms with Crippen molar-refractivity contribution in [1.82, 2.24) is 5.32 Å². The van der Waals surface area contributed by atoms with Gasteiger partial charge in [-0.2, -0.15) is 0 Å². The van der Waals surface area contributed by atoms with Crippen LogP contribution in [-0.2, 0) is 14.3 Å². The van der Waals surface area contributed by atoms with E-state index in [0.717, 1.165) is 38.5 Å². The zero-order valence-corrected chi connectivity index (χ0v) is 54.3. The number of carbonyl (C=O) groups excluding carboxylic acids is 2. The molecular formula is C74H143NO5. The fourth-order valence-electron chi connectivity index (χ4n) is 11.6. The minimum Gasteiger partial charge on any atom is -0.466 e. The topological polar surface area (TPSA) is 95.9 Å². The zero-order valence-electron chi connectivity index (χ0n) is 54.3. The third-order valence-corrected chi connectivity index (χ3v) is 17.2. The molecule has 3 N–H and O–H groups in total. The monoisotopic (exact) mass is 1130 g/mol. The first kappa shape index (κ1) is 78.3. The fraction of sp³-hybridized carbons (Fsp3) is 0.919. The van der Waals surface area contributed by atoms with E-state index >= 15 is 0 Å². The Balaban J connectivity index is 3.40. The van der Waals surface area contributed by atoms with Gasteiger partial charge in [-0.1, -0.05) is 366 Å². The molecule has 0 saturated heterocycles. The summed E-state index contributed by atoms with van der Waals surface area (Å²) < 4.78 is 5.48. The maximum absolute atomic E-state index is 12.5. The second-order valence-corrected chi connectivity index (χ2v) is 25.3. The van der Waals surface area contributed by atoms with Gasteiger partial charge in [-0.3, -0.25) is 9.59 Å². The van der Waals surface area contributed by atoms with E-state index in [2.05, 4.69) is 31.3 Å². The molecule has 0 aromatic rings. The number of aliphatic hydroxyl groups excluding tert-OH is 2. The van der Waals surface area contributed by atoms with E-state index in [0.29, 0.717) is 19.4 Å². The summed E-state index contributed by atoms with van der Waals surface area (Å²) in [5.74, 6) is -0.0459. The molecule has 0 aliphatic carbocycles. The van der Waals surface area contributed by atoms with Gasteiger partial charge in [-0.05, 0) is 57.8 Å². The lowest BCUT2D eigenvalue weighted by Crippen LogP contribution is -2.45. The van der Waals surface area contributed by atoms with Crippen LogP contribution in [0.25, 0.3) is 0 Å². The minimum absolute atomic E-state index is 0.0166. The molecule has 6 heteroatoms. The highest BCUT2D eigenvalue weighted by atomic mass is 16.5. The van der Waals surface area contributed by atoms with Crippen LogP contribution in [0.2, 0.25) is 0 Å². The second-order valence-electron chi connectivity index (χ2n) is 25.3. The maximum Gasteiger partial charge on any atom is 0.305 e. The Hall–Kier alpha value is -1.66. The smallest absolute Gasteiger partial charge is 0.305 e. The molecule has 0 aliphatic rings. The molecule has 0 saturated carbocycles. The molecule has 0 rings (SSSR count). The van der Waals surface area contributed by atoms with E-state index in [4.69, 9.17) is 4.74 Å². The Morgan fingerprint density at radius 1 is 0.338 bits per heavy atom. The summed E-state index contributed by atoms with van der Waals surface area (Å²) in [6, 6.07) is -0.628. The van der Waals surface area contributed by atoms with Gasteiger partial charge in [0.25, 0.3) is 0 Å². The first-order valence-electron chi connectivity index (χ1n) is 36.6. The van der Waals surface area contributed by atoms with E-state index < -0.39 is 12.1 Å². The Labute approximate surface area is 501 Å². The van der Waals surface area contributed by atoms with Crippen LogP contribution < -0.4 is 5.32 Å². The number of esters is 1. The lowest BCUT2D eigenvalue weighted by molar-refractivity contribution is -0.143. The molecule has 0 aromatic carbocycles. The average Bonchev–Trinajstić information content (AvgIpc) is 3.46. The molecule has 80 heavy (non-hydrogen) atoms. The van der Waals surface area contributed by atoms with Gasteiger partial charge < -0.3 is 20.3 Å². The first-order valence-corrected chi connectivity index (χ1v) is 36.6. The Morgan fingerprint density at radius 3 is 0.887 bits per heavy atom. The van der Waals surface area contributed by atoms with Crippen LogP contribution in [-0.4, -0.2) is 47.4 Å². The van der Waals surface area contributed by atoms with Crippen molar-refractivity contribution < 1.29 is 24.5 Å². The molecule has 2 atom stereocenters. The predicted octanol–water partition coefficient (Wildman–Crippen LogP) is 23.7. The van der Waals surface area contributed by atoms with E-state index in [9.17, 15) is 19.8 Å². The Morgan fingerprint density at radius 2 is 0.588 bits per heavy atom. The lowest BCUT2D eigenvalue weighted by Gasteiger charge is -2.20. The van der Waals surface area contributed by atoms with Crippen molar-refractivity contribution in [2.45, 2.75) is 424 Å². The van der Waals surface area contributed by atoms with E-state index in [-0.39, 0.29) is 18.5 Å². The standard InChI is InChI=1S/C74H143NO5/c1-3-5-7-9-11-13-15-16-17-18-19-20-28-31-34-37-40-43-47-50-54-58-62-66-72(77)71(70-76)75-73(78)67-63-59-55-51-48-44-41-38-35-32-29-26-24-22-21-23-25-27-30-33-36-39-42-45-49-53-57-61-65-69-80-74(79)68-64-60-56-52-46-14-12-10-8-6-4-2/h21,23,62,66,71-72,76-77H,3-20,22,24-61,63-65,67-70H2,1-2H3,(H,75,78)/b23-21-,66-62+. The molecule has 0 heterocycles. The molecule has 0 fully saturated rings. The third-order valence-electron chi connectivity index (χ3n) is 17.2. The molecule has 2 unspecified atom stereocenters. The lowest BCUT2D eigenvalue weighted by atomic mass is 10.0. The van der Waals surface area contributed by atoms with Crippen LogP contribution in [0.5, 0.6) is 0 Å². The molecule has 6 nitrogen and oxygen atoms in total. The minimum atomic E-state index is -0.845. The average molecular weight is 1130 g/mol. The SMILES string of the molecule is CCCCCCCCCCCCCCCCCCCCCCC/C=C/C(O)C(CO)NC(=O)CCCCCCCCCCCCCCC/C=C\CCCCCCCCCCCCCCOC(=O)CCCCCCCCCCCCC. The van der Waals surface area contributed by atoms with Crippen LogP contribution >= 0.6 is 0 Å². The van der Waals surface area contributed by atoms with Crippen molar-refractivity contribution in [3.63, 3.8) is 0 Å². The van der Waals surface area contributed by atoms with Crippen LogP contribution in [0.4, 0.5) is 0 Å². The van der Waals surface area contributed by atoms with Gasteiger partial charge in [-0.25, -0.2) is 0 Å². The Bertz CT molecular complexity index is 1250. The van der Waals surface area contributed by atoms with Crippen molar-refractivity contribution >= 4 is 11.9 Å². The highest BCUT2D eigenvalue weighted by Crippen LogP contribution is 2.19. The van der Waals surface area contributed by atoms with Crippen molar-refractivity contribution in [3.05, 3.63) is 24.3 Å². The number of allylic oxidation sites excluding steroid dienone is 3. The number of rotatable bonds is 69. The second kappa shape index (κ2) is 69.8. The normalized spacial score (nSPS) is 12.6. The number of hydrogen-bond donors (Lipinski definition) is 3. The number of amides is 1. The zero-order chi connectivity index (χ0) is 57.8. The van der Waals surface area contributed by atoms with Crippen LogP contribution in [0.3, 0.4) is 0 Å². The number of unbranched alkanes of at least 4 members (excludes halogenated alkanes) is 56. The number of hydrogen-bond acceptors (Lipinski definition) is 5. The van der Waals surface area contributed by atoms with Gasteiger partial charge >= 0.3 is 5.97 Å². The first-order chi connectivity index (χ1) is 39.5. The van der Waals surface area contributed by atoms with Gasteiger partial charge in [0.2, 0.25) is 5.91 Å². The largest absolute Gasteiger partial charge is 0.466 e. The number of nitrogens with one attached hydrogen (secondary N) is 1. The summed E-state index contributed by atoms with van der Waals surface area (Å²) >= 11 is 0. The van der Waals surface area contributed by atoms with Gasteiger partial charge in [0, 0.05) is 12.8 Å². The molecular weight excluding hydrogens is 983 g/mol. The summed E-state index contributed by atoms with van der Waals surface area (Å²) in [6.45, 7) is 4.94. The van der Waals surface area contributed by atoms with Gasteiger partial charge in [0.1, 0.15) is 0 Å². The number of ether oxygens (including phenoxy) is 1. The number of aliphatic hydroxyl groups is 2. The molecule has 0 aromatic heterocycles. The molecule has 0 radical (unpaired) electrons. The van der Waals surface area contributed by atoms with Crippen molar-refractivity contribution in [3.8, 4) is 0 Å².